The van der Waals surface area contributed by atoms with Crippen LogP contribution in [0.2, 0.25) is 0 Å². The zero-order valence-electron chi connectivity index (χ0n) is 12.8. The van der Waals surface area contributed by atoms with E-state index in [1.54, 1.807) is 12.1 Å². The van der Waals surface area contributed by atoms with Gasteiger partial charge < -0.3 is 4.74 Å². The Morgan fingerprint density at radius 1 is 1.24 bits per heavy atom. The second kappa shape index (κ2) is 7.23. The second-order valence-corrected chi connectivity index (χ2v) is 7.77. The summed E-state index contributed by atoms with van der Waals surface area (Å²) in [6.45, 7) is 4.84. The standard InChI is InChI=1S/C17H24O3S/c1-3-4-5-6-7-15-12-20-13-17(15)21(18,19)16-10-8-14(2)9-11-16/h7-11,17H,3-6,12-13H2,1-2H3/b15-7-. The summed E-state index contributed by atoms with van der Waals surface area (Å²) < 4.78 is 30.9. The number of benzene rings is 1. The van der Waals surface area contributed by atoms with Crippen LogP contribution in [0, 0.1) is 6.92 Å². The van der Waals surface area contributed by atoms with Crippen LogP contribution in [-0.2, 0) is 14.6 Å². The molecule has 1 unspecified atom stereocenters. The van der Waals surface area contributed by atoms with Crippen LogP contribution < -0.4 is 0 Å². The van der Waals surface area contributed by atoms with E-state index in [1.807, 2.05) is 19.1 Å². The van der Waals surface area contributed by atoms with Crippen LogP contribution in [0.5, 0.6) is 0 Å². The summed E-state index contributed by atoms with van der Waals surface area (Å²) in [7, 11) is -3.34. The van der Waals surface area contributed by atoms with Crippen molar-refractivity contribution in [2.75, 3.05) is 13.2 Å². The van der Waals surface area contributed by atoms with Gasteiger partial charge in [-0.15, -0.1) is 0 Å². The molecule has 1 fully saturated rings. The summed E-state index contributed by atoms with van der Waals surface area (Å²) in [6.07, 6.45) is 6.47. The Kier molecular flexibility index (Phi) is 5.59. The Labute approximate surface area is 127 Å². The maximum Gasteiger partial charge on any atom is 0.187 e. The van der Waals surface area contributed by atoms with E-state index in [1.165, 1.54) is 12.8 Å². The molecular weight excluding hydrogens is 284 g/mol. The highest BCUT2D eigenvalue weighted by Crippen LogP contribution is 2.27. The summed E-state index contributed by atoms with van der Waals surface area (Å²) >= 11 is 0. The molecule has 0 spiro atoms. The monoisotopic (exact) mass is 308 g/mol. The lowest BCUT2D eigenvalue weighted by Crippen LogP contribution is -2.23. The molecule has 4 heteroatoms. The van der Waals surface area contributed by atoms with Crippen molar-refractivity contribution in [2.45, 2.75) is 49.7 Å². The van der Waals surface area contributed by atoms with Crippen LogP contribution in [0.4, 0.5) is 0 Å². The fraction of sp³-hybridized carbons (Fsp3) is 0.529. The van der Waals surface area contributed by atoms with E-state index in [2.05, 4.69) is 13.0 Å². The fourth-order valence-electron chi connectivity index (χ4n) is 2.54. The molecule has 1 aromatic carbocycles. The van der Waals surface area contributed by atoms with Crippen molar-refractivity contribution >= 4 is 9.84 Å². The number of hydrogen-bond donors (Lipinski definition) is 0. The van der Waals surface area contributed by atoms with Gasteiger partial charge in [-0.25, -0.2) is 8.42 Å². The maximum absolute atomic E-state index is 12.7. The molecule has 0 saturated carbocycles. The molecule has 1 heterocycles. The predicted molar refractivity (Wildman–Crippen MR) is 85.2 cm³/mol. The maximum atomic E-state index is 12.7. The van der Waals surface area contributed by atoms with Gasteiger partial charge in [-0.3, -0.25) is 0 Å². The number of rotatable bonds is 6. The number of unbranched alkanes of at least 4 members (excludes halogenated alkanes) is 3. The van der Waals surface area contributed by atoms with E-state index < -0.39 is 15.1 Å². The molecule has 0 radical (unpaired) electrons. The van der Waals surface area contributed by atoms with Crippen LogP contribution in [0.1, 0.15) is 38.2 Å². The quantitative estimate of drug-likeness (QED) is 0.595. The SMILES string of the molecule is CCCCC/C=C1/COCC1S(=O)(=O)c1ccc(C)cc1. The molecule has 116 valence electrons. The Bertz CT molecular complexity index is 585. The molecule has 0 amide bonds. The molecule has 0 aromatic heterocycles. The Morgan fingerprint density at radius 2 is 1.95 bits per heavy atom. The molecule has 1 aliphatic heterocycles. The number of allylic oxidation sites excluding steroid dienone is 1. The molecule has 2 rings (SSSR count). The Balaban J connectivity index is 2.16. The minimum atomic E-state index is -3.34. The molecule has 1 atom stereocenters. The second-order valence-electron chi connectivity index (χ2n) is 5.64. The van der Waals surface area contributed by atoms with Crippen molar-refractivity contribution in [3.8, 4) is 0 Å². The summed E-state index contributed by atoms with van der Waals surface area (Å²) in [5.41, 5.74) is 1.98. The summed E-state index contributed by atoms with van der Waals surface area (Å²) in [5, 5.41) is -0.512. The van der Waals surface area contributed by atoms with Gasteiger partial charge >= 0.3 is 0 Å². The average molecular weight is 308 g/mol. The van der Waals surface area contributed by atoms with E-state index >= 15 is 0 Å². The molecule has 21 heavy (non-hydrogen) atoms. The molecule has 1 aromatic rings. The highest BCUT2D eigenvalue weighted by Gasteiger charge is 2.34. The molecule has 0 bridgehead atoms. The van der Waals surface area contributed by atoms with Gasteiger partial charge in [-0.05, 0) is 37.5 Å². The summed E-state index contributed by atoms with van der Waals surface area (Å²) in [6, 6.07) is 7.07. The van der Waals surface area contributed by atoms with Gasteiger partial charge in [-0.2, -0.15) is 0 Å². The third kappa shape index (κ3) is 3.95. The van der Waals surface area contributed by atoms with Gasteiger partial charge in [0.2, 0.25) is 0 Å². The van der Waals surface area contributed by atoms with E-state index in [0.717, 1.165) is 24.0 Å². The lowest BCUT2D eigenvalue weighted by atomic mass is 10.1. The zero-order valence-corrected chi connectivity index (χ0v) is 13.7. The van der Waals surface area contributed by atoms with Gasteiger partial charge in [0, 0.05) is 0 Å². The van der Waals surface area contributed by atoms with E-state index in [9.17, 15) is 8.42 Å². The molecular formula is C17H24O3S. The number of hydrogen-bond acceptors (Lipinski definition) is 3. The third-order valence-corrected chi connectivity index (χ3v) is 6.01. The van der Waals surface area contributed by atoms with Crippen LogP contribution in [-0.4, -0.2) is 26.9 Å². The summed E-state index contributed by atoms with van der Waals surface area (Å²) in [4.78, 5) is 0.392. The van der Waals surface area contributed by atoms with Crippen LogP contribution >= 0.6 is 0 Å². The highest BCUT2D eigenvalue weighted by atomic mass is 32.2. The summed E-state index contributed by atoms with van der Waals surface area (Å²) in [5.74, 6) is 0. The average Bonchev–Trinajstić information content (AvgIpc) is 2.93. The molecule has 1 saturated heterocycles. The van der Waals surface area contributed by atoms with Crippen molar-refractivity contribution in [3.05, 3.63) is 41.5 Å². The van der Waals surface area contributed by atoms with Crippen molar-refractivity contribution in [1.29, 1.82) is 0 Å². The molecule has 1 aliphatic rings. The van der Waals surface area contributed by atoms with E-state index in [4.69, 9.17) is 4.74 Å². The molecule has 3 nitrogen and oxygen atoms in total. The number of aryl methyl sites for hydroxylation is 1. The largest absolute Gasteiger partial charge is 0.375 e. The van der Waals surface area contributed by atoms with Gasteiger partial charge in [0.05, 0.1) is 18.1 Å². The van der Waals surface area contributed by atoms with E-state index in [-0.39, 0.29) is 6.61 Å². The highest BCUT2D eigenvalue weighted by molar-refractivity contribution is 7.92. The topological polar surface area (TPSA) is 43.4 Å². The lowest BCUT2D eigenvalue weighted by Gasteiger charge is -2.12. The lowest BCUT2D eigenvalue weighted by molar-refractivity contribution is 0.205. The van der Waals surface area contributed by atoms with Crippen molar-refractivity contribution in [3.63, 3.8) is 0 Å². The van der Waals surface area contributed by atoms with Crippen molar-refractivity contribution < 1.29 is 13.2 Å². The van der Waals surface area contributed by atoms with Crippen molar-refractivity contribution in [2.24, 2.45) is 0 Å². The smallest absolute Gasteiger partial charge is 0.187 e. The van der Waals surface area contributed by atoms with Crippen LogP contribution in [0.25, 0.3) is 0 Å². The molecule has 0 aliphatic carbocycles. The van der Waals surface area contributed by atoms with Gasteiger partial charge in [-0.1, -0.05) is 43.5 Å². The first kappa shape index (κ1) is 16.2. The minimum absolute atomic E-state index is 0.274. The number of ether oxygens (including phenoxy) is 1. The van der Waals surface area contributed by atoms with Crippen LogP contribution in [0.3, 0.4) is 0 Å². The first-order valence-electron chi connectivity index (χ1n) is 7.63. The van der Waals surface area contributed by atoms with Gasteiger partial charge in [0.15, 0.2) is 9.84 Å². The van der Waals surface area contributed by atoms with Crippen LogP contribution in [0.15, 0.2) is 40.8 Å². The Morgan fingerprint density at radius 3 is 2.62 bits per heavy atom. The van der Waals surface area contributed by atoms with Crippen molar-refractivity contribution in [1.82, 2.24) is 0 Å². The first-order valence-corrected chi connectivity index (χ1v) is 9.17. The predicted octanol–water partition coefficient (Wildman–Crippen LogP) is 3.67. The first-order chi connectivity index (χ1) is 10.1. The normalized spacial score (nSPS) is 21.0. The van der Waals surface area contributed by atoms with Gasteiger partial charge in [0.1, 0.15) is 5.25 Å². The number of sulfone groups is 1. The van der Waals surface area contributed by atoms with E-state index in [0.29, 0.717) is 11.5 Å². The van der Waals surface area contributed by atoms with Gasteiger partial charge in [0.25, 0.3) is 0 Å². The third-order valence-electron chi connectivity index (χ3n) is 3.89. The Hall–Kier alpha value is -1.13. The minimum Gasteiger partial charge on any atom is -0.375 e. The molecule has 0 N–H and O–H groups in total. The zero-order chi connectivity index (χ0) is 15.3. The fourth-order valence-corrected chi connectivity index (χ4v) is 4.22.